The highest BCUT2D eigenvalue weighted by Gasteiger charge is 2.05. The van der Waals surface area contributed by atoms with Gasteiger partial charge < -0.3 is 9.47 Å². The predicted octanol–water partition coefficient (Wildman–Crippen LogP) is 5.31. The summed E-state index contributed by atoms with van der Waals surface area (Å²) in [6.45, 7) is 8.53. The van der Waals surface area contributed by atoms with Crippen LogP contribution in [0, 0.1) is 17.3 Å². The molecule has 0 aliphatic carbocycles. The molecule has 0 aliphatic rings. The first-order chi connectivity index (χ1) is 13.4. The maximum absolute atomic E-state index is 5.97. The molecule has 2 rings (SSSR count). The van der Waals surface area contributed by atoms with E-state index in [0.29, 0.717) is 6.61 Å². The van der Waals surface area contributed by atoms with Crippen LogP contribution in [-0.2, 0) is 13.2 Å². The van der Waals surface area contributed by atoms with E-state index in [9.17, 15) is 0 Å². The molecule has 148 valence electrons. The van der Waals surface area contributed by atoms with Crippen LogP contribution < -0.4 is 9.47 Å². The van der Waals surface area contributed by atoms with E-state index in [1.807, 2.05) is 42.5 Å². The van der Waals surface area contributed by atoms with Crippen molar-refractivity contribution >= 4 is 0 Å². The number of para-hydroxylation sites is 1. The van der Waals surface area contributed by atoms with E-state index in [0.717, 1.165) is 30.2 Å². The quantitative estimate of drug-likeness (QED) is 0.582. The lowest BCUT2D eigenvalue weighted by atomic mass is 9.98. The van der Waals surface area contributed by atoms with Crippen molar-refractivity contribution in [3.63, 3.8) is 0 Å². The first-order valence-corrected chi connectivity index (χ1v) is 9.57. The number of hydrogen-bond donors (Lipinski definition) is 0. The molecule has 0 radical (unpaired) electrons. The van der Waals surface area contributed by atoms with Crippen molar-refractivity contribution in [1.82, 2.24) is 4.90 Å². The van der Waals surface area contributed by atoms with Crippen LogP contribution in [0.4, 0.5) is 0 Å². The summed E-state index contributed by atoms with van der Waals surface area (Å²) in [6, 6.07) is 16.2. The maximum Gasteiger partial charge on any atom is 0.125 e. The van der Waals surface area contributed by atoms with E-state index >= 15 is 0 Å². The first-order valence-electron chi connectivity index (χ1n) is 9.57. The Kier molecular flexibility index (Phi) is 8.17. The molecule has 2 aromatic rings. The molecule has 0 bridgehead atoms. The Hall–Kier alpha value is -2.70. The Balaban J connectivity index is 1.88. The Labute approximate surface area is 170 Å². The average Bonchev–Trinajstić information content (AvgIpc) is 2.65. The van der Waals surface area contributed by atoms with Gasteiger partial charge in [0.1, 0.15) is 18.1 Å². The van der Waals surface area contributed by atoms with Crippen LogP contribution in [0.3, 0.4) is 0 Å². The van der Waals surface area contributed by atoms with Crippen LogP contribution in [0.5, 0.6) is 11.5 Å². The molecule has 2 aromatic carbocycles. The monoisotopic (exact) mass is 377 g/mol. The van der Waals surface area contributed by atoms with Crippen molar-refractivity contribution in [3.8, 4) is 23.3 Å². The van der Waals surface area contributed by atoms with Crippen LogP contribution in [-0.4, -0.2) is 25.6 Å². The summed E-state index contributed by atoms with van der Waals surface area (Å²) in [6.07, 6.45) is 4.04. The molecule has 0 saturated heterocycles. The third-order valence-electron chi connectivity index (χ3n) is 4.00. The zero-order valence-electron chi connectivity index (χ0n) is 17.7. The van der Waals surface area contributed by atoms with Gasteiger partial charge in [-0.05, 0) is 57.7 Å². The fourth-order valence-electron chi connectivity index (χ4n) is 2.64. The molecule has 0 aliphatic heterocycles. The van der Waals surface area contributed by atoms with Crippen LogP contribution >= 0.6 is 0 Å². The van der Waals surface area contributed by atoms with Crippen LogP contribution in [0.25, 0.3) is 0 Å². The number of methoxy groups -OCH3 is 1. The highest BCUT2D eigenvalue weighted by Crippen LogP contribution is 2.21. The van der Waals surface area contributed by atoms with E-state index in [1.54, 1.807) is 7.11 Å². The third-order valence-corrected chi connectivity index (χ3v) is 4.00. The summed E-state index contributed by atoms with van der Waals surface area (Å²) in [7, 11) is 3.78. The molecule has 0 unspecified atom stereocenters. The minimum Gasteiger partial charge on any atom is -0.496 e. The summed E-state index contributed by atoms with van der Waals surface area (Å²) >= 11 is 0. The van der Waals surface area contributed by atoms with Crippen molar-refractivity contribution in [2.45, 2.75) is 33.9 Å². The summed E-state index contributed by atoms with van der Waals surface area (Å²) in [5.74, 6) is 8.03. The summed E-state index contributed by atoms with van der Waals surface area (Å²) < 4.78 is 11.4. The van der Waals surface area contributed by atoms with Crippen LogP contribution in [0.2, 0.25) is 0 Å². The molecule has 0 amide bonds. The minimum absolute atomic E-state index is 0.0421. The van der Waals surface area contributed by atoms with Crippen molar-refractivity contribution in [1.29, 1.82) is 0 Å². The second kappa shape index (κ2) is 10.6. The van der Waals surface area contributed by atoms with E-state index < -0.39 is 0 Å². The molecule has 3 nitrogen and oxygen atoms in total. The van der Waals surface area contributed by atoms with Gasteiger partial charge in [-0.25, -0.2) is 0 Å². The van der Waals surface area contributed by atoms with Crippen molar-refractivity contribution < 1.29 is 9.47 Å². The summed E-state index contributed by atoms with van der Waals surface area (Å²) in [5, 5.41) is 0. The van der Waals surface area contributed by atoms with Gasteiger partial charge in [-0.1, -0.05) is 48.2 Å². The number of benzene rings is 2. The molecule has 0 fully saturated rings. The van der Waals surface area contributed by atoms with Crippen molar-refractivity contribution in [2.24, 2.45) is 5.41 Å². The number of likely N-dealkylation sites (N-methyl/N-ethyl adjacent to an activating group) is 1. The molecule has 0 heterocycles. The highest BCUT2D eigenvalue weighted by molar-refractivity contribution is 5.34. The topological polar surface area (TPSA) is 21.7 Å². The Morgan fingerprint density at radius 1 is 1.07 bits per heavy atom. The molecule has 0 aromatic heterocycles. The lowest BCUT2D eigenvalue weighted by Gasteiger charge is -2.15. The van der Waals surface area contributed by atoms with Crippen molar-refractivity contribution in [2.75, 3.05) is 20.7 Å². The van der Waals surface area contributed by atoms with Crippen molar-refractivity contribution in [3.05, 3.63) is 71.8 Å². The number of ether oxygens (including phenoxy) is 2. The van der Waals surface area contributed by atoms with Gasteiger partial charge in [0.25, 0.3) is 0 Å². The molecule has 0 spiro atoms. The fourth-order valence-corrected chi connectivity index (χ4v) is 2.64. The normalized spacial score (nSPS) is 11.4. The zero-order chi connectivity index (χ0) is 20.4. The zero-order valence-corrected chi connectivity index (χ0v) is 17.7. The number of allylic oxidation sites excluding steroid dienone is 1. The summed E-state index contributed by atoms with van der Waals surface area (Å²) in [5.41, 5.74) is 2.30. The van der Waals surface area contributed by atoms with Gasteiger partial charge in [-0.2, -0.15) is 0 Å². The number of nitrogens with zero attached hydrogens (tertiary/aromatic N) is 1. The largest absolute Gasteiger partial charge is 0.496 e. The molecular weight excluding hydrogens is 346 g/mol. The Morgan fingerprint density at radius 3 is 2.61 bits per heavy atom. The highest BCUT2D eigenvalue weighted by atomic mass is 16.5. The SMILES string of the molecule is COc1ccccc1COc1cccc(CN(C)CC=CC#CC(C)(C)C)c1. The fraction of sp³-hybridized carbons (Fsp3) is 0.360. The maximum atomic E-state index is 5.97. The molecule has 3 heteroatoms. The van der Waals surface area contributed by atoms with Gasteiger partial charge in [-0.3, -0.25) is 4.90 Å². The molecule has 0 saturated carbocycles. The van der Waals surface area contributed by atoms with Gasteiger partial charge in [-0.15, -0.1) is 0 Å². The minimum atomic E-state index is 0.0421. The van der Waals surface area contributed by atoms with Gasteiger partial charge >= 0.3 is 0 Å². The Morgan fingerprint density at radius 2 is 1.86 bits per heavy atom. The van der Waals surface area contributed by atoms with E-state index in [4.69, 9.17) is 9.47 Å². The summed E-state index contributed by atoms with van der Waals surface area (Å²) in [4.78, 5) is 2.24. The third kappa shape index (κ3) is 7.90. The predicted molar refractivity (Wildman–Crippen MR) is 116 cm³/mol. The molecular formula is C25H31NO2. The Bertz CT molecular complexity index is 837. The smallest absolute Gasteiger partial charge is 0.125 e. The molecule has 0 atom stereocenters. The van der Waals surface area contributed by atoms with E-state index in [2.05, 4.69) is 62.8 Å². The second-order valence-electron chi connectivity index (χ2n) is 7.87. The molecule has 28 heavy (non-hydrogen) atoms. The van der Waals surface area contributed by atoms with E-state index in [1.165, 1.54) is 5.56 Å². The van der Waals surface area contributed by atoms with Gasteiger partial charge in [0.05, 0.1) is 7.11 Å². The van der Waals surface area contributed by atoms with Gasteiger partial charge in [0.2, 0.25) is 0 Å². The second-order valence-corrected chi connectivity index (χ2v) is 7.87. The lowest BCUT2D eigenvalue weighted by Crippen LogP contribution is -2.17. The number of hydrogen-bond acceptors (Lipinski definition) is 3. The lowest BCUT2D eigenvalue weighted by molar-refractivity contribution is 0.295. The van der Waals surface area contributed by atoms with Gasteiger partial charge in [0, 0.05) is 24.1 Å². The van der Waals surface area contributed by atoms with Crippen LogP contribution in [0.1, 0.15) is 31.9 Å². The van der Waals surface area contributed by atoms with Gasteiger partial charge in [0.15, 0.2) is 0 Å². The standard InChI is InChI=1S/C25H31NO2/c1-25(2,3)16-9-6-10-17-26(4)19-21-12-11-14-23(18-21)28-20-22-13-7-8-15-24(22)27-5/h6-8,10-15,18H,17,19-20H2,1-5H3. The average molecular weight is 378 g/mol. The number of rotatable bonds is 8. The first kappa shape index (κ1) is 21.6. The van der Waals surface area contributed by atoms with Crippen LogP contribution in [0.15, 0.2) is 60.7 Å². The molecule has 0 N–H and O–H groups in total. The van der Waals surface area contributed by atoms with E-state index in [-0.39, 0.29) is 5.41 Å².